The smallest absolute Gasteiger partial charge is 0.334 e. The molecule has 1 saturated heterocycles. The Morgan fingerprint density at radius 2 is 2.10 bits per heavy atom. The Balaban J connectivity index is 2.41. The van der Waals surface area contributed by atoms with Crippen molar-refractivity contribution < 1.29 is 4.92 Å². The molecular weight excluding hydrogens is 270 g/mol. The van der Waals surface area contributed by atoms with E-state index < -0.39 is 0 Å². The minimum Gasteiger partial charge on any atom is -0.351 e. The largest absolute Gasteiger partial charge is 0.351 e. The molecule has 0 amide bonds. The Labute approximate surface area is 125 Å². The summed E-state index contributed by atoms with van der Waals surface area (Å²) in [6, 6.07) is 0.102. The summed E-state index contributed by atoms with van der Waals surface area (Å²) in [6.45, 7) is 7.45. The molecule has 2 rings (SSSR count). The summed E-state index contributed by atoms with van der Waals surface area (Å²) in [5.74, 6) is 1.02. The van der Waals surface area contributed by atoms with E-state index in [4.69, 9.17) is 5.73 Å². The lowest BCUT2D eigenvalue weighted by atomic mass is 9.92. The molecule has 2 unspecified atom stereocenters. The Hall–Kier alpha value is -1.63. The van der Waals surface area contributed by atoms with Crippen molar-refractivity contribution in [3.8, 4) is 0 Å². The lowest BCUT2D eigenvalue weighted by Crippen LogP contribution is -2.43. The van der Waals surface area contributed by atoms with E-state index in [0.29, 0.717) is 17.4 Å². The van der Waals surface area contributed by atoms with Gasteiger partial charge in [-0.15, -0.1) is 0 Å². The van der Waals surface area contributed by atoms with E-state index in [1.807, 2.05) is 20.8 Å². The second-order valence-electron chi connectivity index (χ2n) is 6.30. The molecule has 1 aromatic rings. The van der Waals surface area contributed by atoms with Crippen molar-refractivity contribution in [2.24, 2.45) is 18.7 Å². The second-order valence-corrected chi connectivity index (χ2v) is 6.30. The number of hydrogen-bond acceptors (Lipinski definition) is 5. The molecule has 0 aromatic carbocycles. The summed E-state index contributed by atoms with van der Waals surface area (Å²) >= 11 is 0. The maximum Gasteiger partial charge on any atom is 0.334 e. The van der Waals surface area contributed by atoms with Gasteiger partial charge in [-0.25, -0.2) is 4.68 Å². The number of nitrogens with two attached hydrogens (primary N) is 1. The van der Waals surface area contributed by atoms with Crippen LogP contribution in [0.2, 0.25) is 0 Å². The molecule has 2 heterocycles. The fourth-order valence-corrected chi connectivity index (χ4v) is 3.07. The van der Waals surface area contributed by atoms with Gasteiger partial charge >= 0.3 is 5.69 Å². The summed E-state index contributed by atoms with van der Waals surface area (Å²) < 4.78 is 1.65. The predicted octanol–water partition coefficient (Wildman–Crippen LogP) is 2.02. The van der Waals surface area contributed by atoms with Crippen molar-refractivity contribution in [3.63, 3.8) is 0 Å². The zero-order valence-corrected chi connectivity index (χ0v) is 13.2. The minimum absolute atomic E-state index is 0.0272. The van der Waals surface area contributed by atoms with Crippen LogP contribution in [-0.4, -0.2) is 33.8 Å². The number of aryl methyl sites for hydroxylation is 1. The van der Waals surface area contributed by atoms with E-state index in [9.17, 15) is 10.1 Å². The number of anilines is 1. The lowest BCUT2D eigenvalue weighted by Gasteiger charge is -2.35. The van der Waals surface area contributed by atoms with Gasteiger partial charge < -0.3 is 10.6 Å². The Kier molecular flexibility index (Phi) is 4.51. The van der Waals surface area contributed by atoms with Crippen LogP contribution >= 0.6 is 0 Å². The van der Waals surface area contributed by atoms with Crippen LogP contribution in [0.5, 0.6) is 0 Å². The van der Waals surface area contributed by atoms with Crippen molar-refractivity contribution in [3.05, 3.63) is 15.8 Å². The average Bonchev–Trinajstić information content (AvgIpc) is 2.76. The summed E-state index contributed by atoms with van der Waals surface area (Å²) in [6.07, 6.45) is 2.09. The quantitative estimate of drug-likeness (QED) is 0.678. The van der Waals surface area contributed by atoms with Crippen LogP contribution < -0.4 is 10.6 Å². The van der Waals surface area contributed by atoms with E-state index >= 15 is 0 Å². The highest BCUT2D eigenvalue weighted by Gasteiger charge is 2.34. The van der Waals surface area contributed by atoms with E-state index in [2.05, 4.69) is 10.00 Å². The van der Waals surface area contributed by atoms with Gasteiger partial charge in [-0.3, -0.25) is 10.1 Å². The molecule has 0 bridgehead atoms. The molecule has 1 aliphatic rings. The first kappa shape index (κ1) is 15.8. The third-order valence-corrected chi connectivity index (χ3v) is 4.25. The highest BCUT2D eigenvalue weighted by molar-refractivity contribution is 5.62. The maximum atomic E-state index is 11.5. The first-order chi connectivity index (χ1) is 9.82. The molecule has 21 heavy (non-hydrogen) atoms. The highest BCUT2D eigenvalue weighted by Crippen LogP contribution is 2.37. The second kappa shape index (κ2) is 6.01. The molecule has 2 atom stereocenters. The van der Waals surface area contributed by atoms with E-state index in [-0.39, 0.29) is 22.6 Å². The first-order valence-corrected chi connectivity index (χ1v) is 7.54. The number of piperidine rings is 1. The third-order valence-electron chi connectivity index (χ3n) is 4.25. The zero-order chi connectivity index (χ0) is 15.7. The van der Waals surface area contributed by atoms with Crippen molar-refractivity contribution in [1.82, 2.24) is 9.78 Å². The van der Waals surface area contributed by atoms with Gasteiger partial charge in [0, 0.05) is 32.1 Å². The van der Waals surface area contributed by atoms with Crippen LogP contribution in [0.1, 0.15) is 45.2 Å². The average molecular weight is 295 g/mol. The van der Waals surface area contributed by atoms with Crippen molar-refractivity contribution in [1.29, 1.82) is 0 Å². The Morgan fingerprint density at radius 1 is 1.43 bits per heavy atom. The number of aromatic nitrogens is 2. The molecule has 0 spiro atoms. The van der Waals surface area contributed by atoms with Crippen molar-refractivity contribution >= 4 is 11.5 Å². The lowest BCUT2D eigenvalue weighted by molar-refractivity contribution is -0.385. The highest BCUT2D eigenvalue weighted by atomic mass is 16.6. The molecule has 0 aliphatic carbocycles. The standard InChI is InChI=1S/C14H25N5O2/c1-9(2)12-13(19(20)21)14(17(4)16-12)18-7-5-6-11(8-18)10(3)15/h9-11H,5-8,15H2,1-4H3. The Morgan fingerprint density at radius 3 is 2.62 bits per heavy atom. The molecule has 0 radical (unpaired) electrons. The molecule has 0 saturated carbocycles. The topological polar surface area (TPSA) is 90.2 Å². The van der Waals surface area contributed by atoms with E-state index in [1.54, 1.807) is 11.7 Å². The van der Waals surface area contributed by atoms with Crippen LogP contribution in [0, 0.1) is 16.0 Å². The zero-order valence-electron chi connectivity index (χ0n) is 13.2. The van der Waals surface area contributed by atoms with Crippen molar-refractivity contribution in [2.45, 2.75) is 45.6 Å². The van der Waals surface area contributed by atoms with Gasteiger partial charge in [0.2, 0.25) is 5.82 Å². The normalized spacial score (nSPS) is 20.9. The van der Waals surface area contributed by atoms with Crippen LogP contribution in [-0.2, 0) is 7.05 Å². The molecule has 2 N–H and O–H groups in total. The SMILES string of the molecule is CC(C)c1nn(C)c(N2CCCC(C(C)N)C2)c1[N+](=O)[O-]. The fourth-order valence-electron chi connectivity index (χ4n) is 3.07. The summed E-state index contributed by atoms with van der Waals surface area (Å²) in [5, 5.41) is 15.9. The molecule has 7 heteroatoms. The predicted molar refractivity (Wildman–Crippen MR) is 82.5 cm³/mol. The monoisotopic (exact) mass is 295 g/mol. The van der Waals surface area contributed by atoms with Gasteiger partial charge in [0.1, 0.15) is 5.69 Å². The summed E-state index contributed by atoms with van der Waals surface area (Å²) in [4.78, 5) is 13.3. The molecule has 1 aromatic heterocycles. The third kappa shape index (κ3) is 3.02. The summed E-state index contributed by atoms with van der Waals surface area (Å²) in [7, 11) is 1.78. The number of nitro groups is 1. The van der Waals surface area contributed by atoms with Gasteiger partial charge in [-0.1, -0.05) is 13.8 Å². The fraction of sp³-hybridized carbons (Fsp3) is 0.786. The molecule has 118 valence electrons. The van der Waals surface area contributed by atoms with Gasteiger partial charge in [-0.2, -0.15) is 5.10 Å². The van der Waals surface area contributed by atoms with Crippen LogP contribution in [0.3, 0.4) is 0 Å². The molecule has 1 fully saturated rings. The van der Waals surface area contributed by atoms with E-state index in [1.165, 1.54) is 0 Å². The number of rotatable bonds is 4. The van der Waals surface area contributed by atoms with Crippen LogP contribution in [0.15, 0.2) is 0 Å². The number of nitrogens with zero attached hydrogens (tertiary/aromatic N) is 4. The molecule has 7 nitrogen and oxygen atoms in total. The van der Waals surface area contributed by atoms with Crippen LogP contribution in [0.4, 0.5) is 11.5 Å². The van der Waals surface area contributed by atoms with Gasteiger partial charge in [-0.05, 0) is 25.7 Å². The minimum atomic E-state index is -0.298. The summed E-state index contributed by atoms with van der Waals surface area (Å²) in [5.41, 5.74) is 6.72. The maximum absolute atomic E-state index is 11.5. The Bertz CT molecular complexity index is 524. The van der Waals surface area contributed by atoms with Crippen LogP contribution in [0.25, 0.3) is 0 Å². The molecular formula is C14H25N5O2. The molecule has 1 aliphatic heterocycles. The number of hydrogen-bond donors (Lipinski definition) is 1. The van der Waals surface area contributed by atoms with Gasteiger partial charge in [0.25, 0.3) is 0 Å². The van der Waals surface area contributed by atoms with E-state index in [0.717, 1.165) is 25.9 Å². The first-order valence-electron chi connectivity index (χ1n) is 7.54. The van der Waals surface area contributed by atoms with Gasteiger partial charge in [0.15, 0.2) is 0 Å². The van der Waals surface area contributed by atoms with Crippen molar-refractivity contribution in [2.75, 3.05) is 18.0 Å². The van der Waals surface area contributed by atoms with Gasteiger partial charge in [0.05, 0.1) is 4.92 Å².